The first-order chi connectivity index (χ1) is 13.4. The zero-order valence-corrected chi connectivity index (χ0v) is 16.8. The molecule has 0 aliphatic heterocycles. The predicted octanol–water partition coefficient (Wildman–Crippen LogP) is 4.27. The van der Waals surface area contributed by atoms with Gasteiger partial charge in [-0.2, -0.15) is 5.10 Å². The molecule has 0 saturated carbocycles. The van der Waals surface area contributed by atoms with E-state index in [0.29, 0.717) is 30.4 Å². The first-order valence-corrected chi connectivity index (χ1v) is 9.39. The lowest BCUT2D eigenvalue weighted by Crippen LogP contribution is -2.17. The minimum absolute atomic E-state index is 0.116. The van der Waals surface area contributed by atoms with Crippen molar-refractivity contribution in [1.82, 2.24) is 14.8 Å². The Morgan fingerprint density at radius 3 is 2.54 bits per heavy atom. The van der Waals surface area contributed by atoms with Gasteiger partial charge in [0, 0.05) is 12.3 Å². The summed E-state index contributed by atoms with van der Waals surface area (Å²) in [5.74, 6) is 0.670. The topological polar surface area (TPSA) is 69.0 Å². The van der Waals surface area contributed by atoms with Crippen LogP contribution in [0.3, 0.4) is 0 Å². The van der Waals surface area contributed by atoms with E-state index in [1.165, 1.54) is 5.56 Å². The van der Waals surface area contributed by atoms with E-state index in [4.69, 9.17) is 4.74 Å². The zero-order valence-electron chi connectivity index (χ0n) is 16.8. The van der Waals surface area contributed by atoms with Gasteiger partial charge in [-0.15, -0.1) is 0 Å². The van der Waals surface area contributed by atoms with Crippen LogP contribution >= 0.6 is 0 Å². The van der Waals surface area contributed by atoms with Gasteiger partial charge in [-0.1, -0.05) is 45.0 Å². The number of rotatable bonds is 6. The first kappa shape index (κ1) is 19.6. The van der Waals surface area contributed by atoms with Crippen LogP contribution in [-0.4, -0.2) is 27.3 Å². The fourth-order valence-corrected chi connectivity index (χ4v) is 2.85. The summed E-state index contributed by atoms with van der Waals surface area (Å²) in [6, 6.07) is 13.7. The van der Waals surface area contributed by atoms with Gasteiger partial charge in [0.05, 0.1) is 19.3 Å². The summed E-state index contributed by atoms with van der Waals surface area (Å²) in [6.45, 7) is 9.45. The second-order valence-corrected chi connectivity index (χ2v) is 7.56. The van der Waals surface area contributed by atoms with Crippen molar-refractivity contribution in [3.8, 4) is 5.88 Å². The van der Waals surface area contributed by atoms with Crippen molar-refractivity contribution in [2.24, 2.45) is 0 Å². The van der Waals surface area contributed by atoms with E-state index < -0.39 is 0 Å². The van der Waals surface area contributed by atoms with Crippen molar-refractivity contribution in [2.45, 2.75) is 39.7 Å². The summed E-state index contributed by atoms with van der Waals surface area (Å²) in [4.78, 5) is 16.8. The second kappa shape index (κ2) is 8.25. The van der Waals surface area contributed by atoms with Gasteiger partial charge in [0.15, 0.2) is 0 Å². The molecule has 146 valence electrons. The summed E-state index contributed by atoms with van der Waals surface area (Å²) in [5, 5.41) is 7.25. The molecule has 2 aromatic heterocycles. The molecule has 28 heavy (non-hydrogen) atoms. The summed E-state index contributed by atoms with van der Waals surface area (Å²) >= 11 is 0. The summed E-state index contributed by atoms with van der Waals surface area (Å²) < 4.78 is 7.21. The zero-order chi connectivity index (χ0) is 20.1. The summed E-state index contributed by atoms with van der Waals surface area (Å²) in [5.41, 5.74) is 2.91. The number of nitrogens with zero attached hydrogens (tertiary/aromatic N) is 3. The third kappa shape index (κ3) is 4.57. The Balaban J connectivity index is 1.75. The normalized spacial score (nSPS) is 11.3. The van der Waals surface area contributed by atoms with Crippen molar-refractivity contribution in [3.63, 3.8) is 0 Å². The van der Waals surface area contributed by atoms with E-state index in [1.54, 1.807) is 35.3 Å². The Bertz CT molecular complexity index is 940. The Morgan fingerprint density at radius 1 is 1.11 bits per heavy atom. The third-order valence-electron chi connectivity index (χ3n) is 4.41. The highest BCUT2D eigenvalue weighted by molar-refractivity contribution is 6.05. The average Bonchev–Trinajstić information content (AvgIpc) is 3.09. The van der Waals surface area contributed by atoms with Crippen molar-refractivity contribution in [1.29, 1.82) is 0 Å². The van der Waals surface area contributed by atoms with E-state index >= 15 is 0 Å². The molecule has 0 aliphatic carbocycles. The molecular formula is C22H26N4O2. The van der Waals surface area contributed by atoms with Crippen molar-refractivity contribution >= 4 is 11.7 Å². The highest BCUT2D eigenvalue weighted by Crippen LogP contribution is 2.23. The van der Waals surface area contributed by atoms with Gasteiger partial charge >= 0.3 is 0 Å². The highest BCUT2D eigenvalue weighted by atomic mass is 16.5. The minimum atomic E-state index is -0.276. The van der Waals surface area contributed by atoms with Gasteiger partial charge in [-0.25, -0.2) is 9.67 Å². The maximum atomic E-state index is 12.7. The van der Waals surface area contributed by atoms with Crippen LogP contribution in [0.5, 0.6) is 5.88 Å². The Labute approximate surface area is 165 Å². The van der Waals surface area contributed by atoms with E-state index in [-0.39, 0.29) is 11.3 Å². The molecule has 0 bridgehead atoms. The smallest absolute Gasteiger partial charge is 0.262 e. The maximum Gasteiger partial charge on any atom is 0.262 e. The number of aromatic nitrogens is 3. The SMILES string of the molecule is CCOc1ncccc1C(=O)Nc1ccnn1Cc1ccc(C(C)(C)C)cc1. The van der Waals surface area contributed by atoms with Crippen molar-refractivity contribution in [2.75, 3.05) is 11.9 Å². The monoisotopic (exact) mass is 378 g/mol. The van der Waals surface area contributed by atoms with Crippen LogP contribution in [0.1, 0.15) is 49.2 Å². The fraction of sp³-hybridized carbons (Fsp3) is 0.318. The van der Waals surface area contributed by atoms with E-state index in [1.807, 2.05) is 6.92 Å². The van der Waals surface area contributed by atoms with E-state index in [2.05, 4.69) is 60.4 Å². The number of pyridine rings is 1. The molecule has 6 nitrogen and oxygen atoms in total. The molecule has 0 atom stereocenters. The van der Waals surface area contributed by atoms with Gasteiger partial charge in [-0.05, 0) is 35.6 Å². The molecule has 1 N–H and O–H groups in total. The van der Waals surface area contributed by atoms with Crippen molar-refractivity contribution < 1.29 is 9.53 Å². The van der Waals surface area contributed by atoms with Gasteiger partial charge < -0.3 is 10.1 Å². The summed E-state index contributed by atoms with van der Waals surface area (Å²) in [6.07, 6.45) is 3.28. The van der Waals surface area contributed by atoms with Crippen LogP contribution in [0, 0.1) is 0 Å². The van der Waals surface area contributed by atoms with Crippen LogP contribution in [0.2, 0.25) is 0 Å². The fourth-order valence-electron chi connectivity index (χ4n) is 2.85. The van der Waals surface area contributed by atoms with Gasteiger partial charge in [0.1, 0.15) is 11.4 Å². The number of nitrogens with one attached hydrogen (secondary N) is 1. The summed E-state index contributed by atoms with van der Waals surface area (Å²) in [7, 11) is 0. The largest absolute Gasteiger partial charge is 0.477 e. The molecule has 0 saturated heterocycles. The molecule has 0 spiro atoms. The van der Waals surface area contributed by atoms with E-state index in [0.717, 1.165) is 5.56 Å². The lowest BCUT2D eigenvalue weighted by atomic mass is 9.87. The van der Waals surface area contributed by atoms with Gasteiger partial charge in [0.25, 0.3) is 5.91 Å². The van der Waals surface area contributed by atoms with Crippen LogP contribution in [0.15, 0.2) is 54.9 Å². The third-order valence-corrected chi connectivity index (χ3v) is 4.41. The lowest BCUT2D eigenvalue weighted by molar-refractivity contribution is 0.102. The molecule has 3 rings (SSSR count). The lowest BCUT2D eigenvalue weighted by Gasteiger charge is -2.19. The van der Waals surface area contributed by atoms with Crippen LogP contribution in [0.4, 0.5) is 5.82 Å². The Hall–Kier alpha value is -3.15. The standard InChI is InChI=1S/C22H26N4O2/c1-5-28-21-18(7-6-13-23-21)20(27)25-19-12-14-24-26(19)15-16-8-10-17(11-9-16)22(2,3)4/h6-14H,5,15H2,1-4H3,(H,25,27). The average molecular weight is 378 g/mol. The molecule has 6 heteroatoms. The van der Waals surface area contributed by atoms with Crippen LogP contribution in [0.25, 0.3) is 0 Å². The molecule has 0 aliphatic rings. The number of amides is 1. The Kier molecular flexibility index (Phi) is 5.78. The van der Waals surface area contributed by atoms with Crippen LogP contribution in [-0.2, 0) is 12.0 Å². The molecular weight excluding hydrogens is 352 g/mol. The second-order valence-electron chi connectivity index (χ2n) is 7.56. The molecule has 1 aromatic carbocycles. The number of carbonyl (C=O) groups is 1. The maximum absolute atomic E-state index is 12.7. The van der Waals surface area contributed by atoms with Crippen LogP contribution < -0.4 is 10.1 Å². The number of anilines is 1. The molecule has 3 aromatic rings. The van der Waals surface area contributed by atoms with E-state index in [9.17, 15) is 4.79 Å². The predicted molar refractivity (Wildman–Crippen MR) is 110 cm³/mol. The highest BCUT2D eigenvalue weighted by Gasteiger charge is 2.16. The van der Waals surface area contributed by atoms with Gasteiger partial charge in [0.2, 0.25) is 5.88 Å². The minimum Gasteiger partial charge on any atom is -0.477 e. The number of hydrogen-bond acceptors (Lipinski definition) is 4. The molecule has 0 fully saturated rings. The number of ether oxygens (including phenoxy) is 1. The number of hydrogen-bond donors (Lipinski definition) is 1. The quantitative estimate of drug-likeness (QED) is 0.695. The molecule has 0 unspecified atom stereocenters. The van der Waals surface area contributed by atoms with Crippen molar-refractivity contribution in [3.05, 3.63) is 71.5 Å². The number of benzene rings is 1. The first-order valence-electron chi connectivity index (χ1n) is 9.39. The number of carbonyl (C=O) groups excluding carboxylic acids is 1. The molecule has 2 heterocycles. The Morgan fingerprint density at radius 2 is 1.86 bits per heavy atom. The van der Waals surface area contributed by atoms with Gasteiger partial charge in [-0.3, -0.25) is 4.79 Å². The molecule has 1 amide bonds. The molecule has 0 radical (unpaired) electrons.